The molecule has 0 aliphatic heterocycles. The van der Waals surface area contributed by atoms with Gasteiger partial charge in [-0.05, 0) is 21.5 Å². The van der Waals surface area contributed by atoms with Crippen LogP contribution in [-0.4, -0.2) is 16.0 Å². The number of hydrogen-bond acceptors (Lipinski definition) is 3. The zero-order valence-electron chi connectivity index (χ0n) is 9.48. The number of aromatic amines is 1. The van der Waals surface area contributed by atoms with Gasteiger partial charge in [0.05, 0.1) is 10.7 Å². The van der Waals surface area contributed by atoms with Crippen molar-refractivity contribution in [3.63, 3.8) is 0 Å². The first kappa shape index (κ1) is 13.6. The third-order valence-electron chi connectivity index (χ3n) is 2.53. The van der Waals surface area contributed by atoms with E-state index in [2.05, 4.69) is 26.1 Å². The van der Waals surface area contributed by atoms with Crippen molar-refractivity contribution in [3.8, 4) is 0 Å². The molecule has 1 aromatic heterocycles. The Kier molecular flexibility index (Phi) is 4.60. The van der Waals surface area contributed by atoms with Crippen LogP contribution < -0.4 is 6.15 Å². The van der Waals surface area contributed by atoms with E-state index in [1.54, 1.807) is 6.20 Å². The van der Waals surface area contributed by atoms with Gasteiger partial charge in [0.1, 0.15) is 5.69 Å². The number of carbonyl (C=O) groups is 1. The molecule has 1 aromatic carbocycles. The molecular formula is C12H14BrN3O. The number of rotatable bonds is 3. The molecule has 1 heterocycles. The van der Waals surface area contributed by atoms with Crippen molar-refractivity contribution in [2.45, 2.75) is 12.8 Å². The Balaban J connectivity index is 0.00000144. The lowest BCUT2D eigenvalue weighted by atomic mass is 9.95. The van der Waals surface area contributed by atoms with Crippen LogP contribution in [0.25, 0.3) is 0 Å². The number of H-pyrrole nitrogens is 1. The van der Waals surface area contributed by atoms with Gasteiger partial charge >= 0.3 is 0 Å². The molecule has 0 radical (unpaired) electrons. The SMILES string of the molecule is CC(C(=O)c1[nH]ncc1Br)c1ccccc1.N. The Morgan fingerprint density at radius 1 is 1.35 bits per heavy atom. The topological polar surface area (TPSA) is 80.8 Å². The number of ketones is 1. The Morgan fingerprint density at radius 2 is 2.00 bits per heavy atom. The predicted octanol–water partition coefficient (Wildman–Crippen LogP) is 3.32. The Bertz CT molecular complexity index is 495. The van der Waals surface area contributed by atoms with Crippen molar-refractivity contribution < 1.29 is 4.79 Å². The highest BCUT2D eigenvalue weighted by molar-refractivity contribution is 9.10. The van der Waals surface area contributed by atoms with Crippen molar-refractivity contribution in [2.24, 2.45) is 0 Å². The second kappa shape index (κ2) is 5.75. The van der Waals surface area contributed by atoms with E-state index in [9.17, 15) is 4.79 Å². The highest BCUT2D eigenvalue weighted by Crippen LogP contribution is 2.23. The molecule has 2 aromatic rings. The summed E-state index contributed by atoms with van der Waals surface area (Å²) in [6.07, 6.45) is 1.59. The lowest BCUT2D eigenvalue weighted by Gasteiger charge is -2.09. The van der Waals surface area contributed by atoms with E-state index in [0.29, 0.717) is 10.2 Å². The molecule has 2 rings (SSSR count). The van der Waals surface area contributed by atoms with Crippen LogP contribution in [0.1, 0.15) is 28.9 Å². The van der Waals surface area contributed by atoms with Gasteiger partial charge in [0.15, 0.2) is 5.78 Å². The molecule has 1 unspecified atom stereocenters. The molecule has 0 aliphatic carbocycles. The van der Waals surface area contributed by atoms with E-state index in [-0.39, 0.29) is 17.9 Å². The Hall–Kier alpha value is -1.46. The lowest BCUT2D eigenvalue weighted by molar-refractivity contribution is 0.0960. The standard InChI is InChI=1S/C12H11BrN2O.H3N/c1-8(9-5-3-2-4-6-9)12(16)11-10(13)7-14-15-11;/h2-8H,1H3,(H,14,15);1H3. The molecule has 0 fully saturated rings. The molecule has 4 N–H and O–H groups in total. The number of carbonyl (C=O) groups excluding carboxylic acids is 1. The van der Waals surface area contributed by atoms with Gasteiger partial charge in [-0.25, -0.2) is 0 Å². The van der Waals surface area contributed by atoms with E-state index in [4.69, 9.17) is 0 Å². The summed E-state index contributed by atoms with van der Waals surface area (Å²) in [5, 5.41) is 6.54. The predicted molar refractivity (Wildman–Crippen MR) is 70.5 cm³/mol. The minimum absolute atomic E-state index is 0. The quantitative estimate of drug-likeness (QED) is 0.852. The zero-order valence-corrected chi connectivity index (χ0v) is 11.1. The van der Waals surface area contributed by atoms with Gasteiger partial charge in [-0.3, -0.25) is 9.89 Å². The normalized spacial score (nSPS) is 11.6. The van der Waals surface area contributed by atoms with Crippen LogP contribution >= 0.6 is 15.9 Å². The summed E-state index contributed by atoms with van der Waals surface area (Å²) in [4.78, 5) is 12.1. The molecule has 0 aliphatic rings. The summed E-state index contributed by atoms with van der Waals surface area (Å²) in [6.45, 7) is 1.89. The second-order valence-electron chi connectivity index (χ2n) is 3.59. The maximum absolute atomic E-state index is 12.1. The molecule has 0 spiro atoms. The highest BCUT2D eigenvalue weighted by Gasteiger charge is 2.20. The van der Waals surface area contributed by atoms with Crippen LogP contribution in [0.3, 0.4) is 0 Å². The fourth-order valence-corrected chi connectivity index (χ4v) is 1.94. The number of hydrogen-bond donors (Lipinski definition) is 2. The van der Waals surface area contributed by atoms with E-state index in [1.165, 1.54) is 0 Å². The summed E-state index contributed by atoms with van der Waals surface area (Å²) in [5.74, 6) is -0.131. The molecule has 90 valence electrons. The van der Waals surface area contributed by atoms with Crippen LogP contribution in [0.4, 0.5) is 0 Å². The van der Waals surface area contributed by atoms with Crippen molar-refractivity contribution >= 4 is 21.7 Å². The van der Waals surface area contributed by atoms with Crippen LogP contribution in [0.2, 0.25) is 0 Å². The largest absolute Gasteiger partial charge is 0.344 e. The van der Waals surface area contributed by atoms with Gasteiger partial charge < -0.3 is 6.15 Å². The lowest BCUT2D eigenvalue weighted by Crippen LogP contribution is -2.10. The first-order valence-electron chi connectivity index (χ1n) is 4.98. The average Bonchev–Trinajstić information content (AvgIpc) is 2.75. The number of Topliss-reactive ketones (excluding diaryl/α,β-unsaturated/α-hetero) is 1. The summed E-state index contributed by atoms with van der Waals surface area (Å²) in [7, 11) is 0. The Labute approximate surface area is 108 Å². The van der Waals surface area contributed by atoms with Gasteiger partial charge in [0.2, 0.25) is 0 Å². The molecule has 17 heavy (non-hydrogen) atoms. The Morgan fingerprint density at radius 3 is 2.53 bits per heavy atom. The third-order valence-corrected chi connectivity index (χ3v) is 3.13. The van der Waals surface area contributed by atoms with Crippen molar-refractivity contribution in [2.75, 3.05) is 0 Å². The number of nitrogens with zero attached hydrogens (tertiary/aromatic N) is 1. The van der Waals surface area contributed by atoms with Crippen LogP contribution in [-0.2, 0) is 0 Å². The average molecular weight is 296 g/mol. The molecule has 5 heteroatoms. The minimum atomic E-state index is -0.169. The first-order valence-corrected chi connectivity index (χ1v) is 5.77. The maximum atomic E-state index is 12.1. The number of halogens is 1. The van der Waals surface area contributed by atoms with Crippen molar-refractivity contribution in [3.05, 3.63) is 52.3 Å². The highest BCUT2D eigenvalue weighted by atomic mass is 79.9. The van der Waals surface area contributed by atoms with Gasteiger partial charge in [0.25, 0.3) is 0 Å². The molecule has 0 bridgehead atoms. The van der Waals surface area contributed by atoms with Crippen LogP contribution in [0, 0.1) is 0 Å². The van der Waals surface area contributed by atoms with Gasteiger partial charge in [0, 0.05) is 5.92 Å². The summed E-state index contributed by atoms with van der Waals surface area (Å²) < 4.78 is 0.709. The van der Waals surface area contributed by atoms with E-state index >= 15 is 0 Å². The molecule has 0 saturated heterocycles. The summed E-state index contributed by atoms with van der Waals surface area (Å²) in [5.41, 5.74) is 1.53. The molecular weight excluding hydrogens is 282 g/mol. The van der Waals surface area contributed by atoms with Crippen molar-refractivity contribution in [1.82, 2.24) is 16.3 Å². The monoisotopic (exact) mass is 295 g/mol. The fraction of sp³-hybridized carbons (Fsp3) is 0.167. The van der Waals surface area contributed by atoms with Gasteiger partial charge in [-0.15, -0.1) is 0 Å². The molecule has 1 atom stereocenters. The number of aromatic nitrogens is 2. The smallest absolute Gasteiger partial charge is 0.188 e. The molecule has 0 saturated carbocycles. The molecule has 0 amide bonds. The van der Waals surface area contributed by atoms with E-state index < -0.39 is 0 Å². The second-order valence-corrected chi connectivity index (χ2v) is 4.44. The summed E-state index contributed by atoms with van der Waals surface area (Å²) >= 11 is 3.29. The van der Waals surface area contributed by atoms with Gasteiger partial charge in [-0.2, -0.15) is 5.10 Å². The fourth-order valence-electron chi connectivity index (χ4n) is 1.55. The number of nitrogens with one attached hydrogen (secondary N) is 1. The van der Waals surface area contributed by atoms with Crippen molar-refractivity contribution in [1.29, 1.82) is 0 Å². The maximum Gasteiger partial charge on any atom is 0.188 e. The van der Waals surface area contributed by atoms with Crippen LogP contribution in [0.15, 0.2) is 41.0 Å². The van der Waals surface area contributed by atoms with Crippen LogP contribution in [0.5, 0.6) is 0 Å². The number of benzene rings is 1. The van der Waals surface area contributed by atoms with E-state index in [1.807, 2.05) is 37.3 Å². The summed E-state index contributed by atoms with van der Waals surface area (Å²) in [6, 6.07) is 9.70. The van der Waals surface area contributed by atoms with Gasteiger partial charge in [-0.1, -0.05) is 37.3 Å². The molecule has 4 nitrogen and oxygen atoms in total. The zero-order chi connectivity index (χ0) is 11.5. The third kappa shape index (κ3) is 2.81. The first-order chi connectivity index (χ1) is 7.70. The minimum Gasteiger partial charge on any atom is -0.344 e. The van der Waals surface area contributed by atoms with E-state index in [0.717, 1.165) is 5.56 Å².